The molecule has 1 unspecified atom stereocenters. The molecule has 2 nitrogen and oxygen atoms in total. The van der Waals surface area contributed by atoms with Gasteiger partial charge in [0, 0.05) is 6.04 Å². The van der Waals surface area contributed by atoms with Gasteiger partial charge in [0.15, 0.2) is 0 Å². The lowest BCUT2D eigenvalue weighted by Gasteiger charge is -2.23. The average Bonchev–Trinajstić information content (AvgIpc) is 2.34. The van der Waals surface area contributed by atoms with E-state index >= 15 is 0 Å². The second kappa shape index (κ2) is 7.42. The normalized spacial score (nSPS) is 13.1. The number of rotatable bonds is 7. The molecule has 1 aromatic carbocycles. The largest absolute Gasteiger partial charge is 0.497 e. The van der Waals surface area contributed by atoms with E-state index in [4.69, 9.17) is 4.74 Å². The monoisotopic (exact) mass is 249 g/mol. The quantitative estimate of drug-likeness (QED) is 0.798. The molecule has 1 rings (SSSR count). The zero-order chi connectivity index (χ0) is 13.5. The molecule has 0 aliphatic heterocycles. The number of benzene rings is 1. The van der Waals surface area contributed by atoms with Crippen molar-refractivity contribution in [3.05, 3.63) is 29.8 Å². The number of hydrogen-bond acceptors (Lipinski definition) is 2. The van der Waals surface area contributed by atoms with Gasteiger partial charge in [-0.05, 0) is 42.5 Å². The molecule has 18 heavy (non-hydrogen) atoms. The second-order valence-electron chi connectivity index (χ2n) is 5.62. The van der Waals surface area contributed by atoms with Crippen molar-refractivity contribution in [3.63, 3.8) is 0 Å². The van der Waals surface area contributed by atoms with Crippen molar-refractivity contribution in [1.29, 1.82) is 0 Å². The van der Waals surface area contributed by atoms with Gasteiger partial charge in [0.05, 0.1) is 7.11 Å². The Morgan fingerprint density at radius 3 is 2.11 bits per heavy atom. The topological polar surface area (TPSA) is 21.3 Å². The van der Waals surface area contributed by atoms with Crippen LogP contribution in [-0.4, -0.2) is 19.7 Å². The van der Waals surface area contributed by atoms with Crippen LogP contribution in [0.3, 0.4) is 0 Å². The van der Waals surface area contributed by atoms with E-state index in [0.29, 0.717) is 17.9 Å². The van der Waals surface area contributed by atoms with Crippen LogP contribution in [0.5, 0.6) is 5.75 Å². The number of hydrogen-bond donors (Lipinski definition) is 1. The second-order valence-corrected chi connectivity index (χ2v) is 5.62. The summed E-state index contributed by atoms with van der Waals surface area (Å²) < 4.78 is 5.19. The zero-order valence-corrected chi connectivity index (χ0v) is 12.4. The van der Waals surface area contributed by atoms with E-state index in [-0.39, 0.29) is 0 Å². The van der Waals surface area contributed by atoms with E-state index in [1.807, 2.05) is 12.1 Å². The molecule has 2 heteroatoms. The fourth-order valence-electron chi connectivity index (χ4n) is 2.00. The average molecular weight is 249 g/mol. The molecule has 0 aliphatic carbocycles. The van der Waals surface area contributed by atoms with E-state index < -0.39 is 0 Å². The summed E-state index contributed by atoms with van der Waals surface area (Å²) in [6, 6.07) is 8.99. The van der Waals surface area contributed by atoms with Crippen LogP contribution in [-0.2, 0) is 6.42 Å². The van der Waals surface area contributed by atoms with E-state index in [1.165, 1.54) is 5.56 Å². The Labute approximate surface area is 112 Å². The van der Waals surface area contributed by atoms with Crippen LogP contribution < -0.4 is 10.1 Å². The molecule has 1 N–H and O–H groups in total. The first kappa shape index (κ1) is 15.0. The van der Waals surface area contributed by atoms with E-state index in [2.05, 4.69) is 45.1 Å². The first-order chi connectivity index (χ1) is 8.52. The molecule has 0 saturated heterocycles. The minimum absolute atomic E-state index is 0.558. The highest BCUT2D eigenvalue weighted by molar-refractivity contribution is 5.27. The summed E-state index contributed by atoms with van der Waals surface area (Å²) in [5, 5.41) is 3.55. The first-order valence-electron chi connectivity index (χ1n) is 6.89. The van der Waals surface area contributed by atoms with E-state index in [1.54, 1.807) is 7.11 Å². The summed E-state index contributed by atoms with van der Waals surface area (Å²) in [5.41, 5.74) is 1.39. The molecule has 0 spiro atoms. The maximum Gasteiger partial charge on any atom is 0.118 e. The summed E-state index contributed by atoms with van der Waals surface area (Å²) in [5.74, 6) is 2.30. The van der Waals surface area contributed by atoms with E-state index in [9.17, 15) is 0 Å². The molecule has 0 aromatic heterocycles. The lowest BCUT2D eigenvalue weighted by molar-refractivity contribution is 0.349. The molecule has 0 fully saturated rings. The van der Waals surface area contributed by atoms with Crippen molar-refractivity contribution in [1.82, 2.24) is 5.32 Å². The van der Waals surface area contributed by atoms with Crippen molar-refractivity contribution >= 4 is 0 Å². The molecular weight excluding hydrogens is 222 g/mol. The summed E-state index contributed by atoms with van der Waals surface area (Å²) in [6.45, 7) is 10.1. The van der Waals surface area contributed by atoms with Gasteiger partial charge in [-0.25, -0.2) is 0 Å². The van der Waals surface area contributed by atoms with Crippen molar-refractivity contribution in [2.75, 3.05) is 13.7 Å². The third-order valence-electron chi connectivity index (χ3n) is 3.39. The Bertz CT molecular complexity index is 329. The van der Waals surface area contributed by atoms with Crippen LogP contribution in [0, 0.1) is 11.8 Å². The maximum absolute atomic E-state index is 5.19. The standard InChI is InChI=1S/C16H27NO/c1-12(2)15(11-17-13(3)4)10-14-6-8-16(18-5)9-7-14/h6-9,12-13,15,17H,10-11H2,1-5H3. The number of ether oxygens (including phenoxy) is 1. The van der Waals surface area contributed by atoms with Gasteiger partial charge in [-0.3, -0.25) is 0 Å². The fourth-order valence-corrected chi connectivity index (χ4v) is 2.00. The summed E-state index contributed by atoms with van der Waals surface area (Å²) in [7, 11) is 1.71. The van der Waals surface area contributed by atoms with Crippen LogP contribution in [0.1, 0.15) is 33.3 Å². The Hall–Kier alpha value is -1.02. The van der Waals surface area contributed by atoms with Gasteiger partial charge >= 0.3 is 0 Å². The van der Waals surface area contributed by atoms with Crippen molar-refractivity contribution in [3.8, 4) is 5.75 Å². The third-order valence-corrected chi connectivity index (χ3v) is 3.39. The van der Waals surface area contributed by atoms with Crippen molar-refractivity contribution in [2.45, 2.75) is 40.2 Å². The molecule has 0 saturated carbocycles. The summed E-state index contributed by atoms with van der Waals surface area (Å²) in [4.78, 5) is 0. The van der Waals surface area contributed by atoms with Gasteiger partial charge in [-0.1, -0.05) is 39.8 Å². The predicted molar refractivity (Wildman–Crippen MR) is 78.2 cm³/mol. The lowest BCUT2D eigenvalue weighted by Crippen LogP contribution is -2.32. The molecule has 102 valence electrons. The Kier molecular flexibility index (Phi) is 6.20. The van der Waals surface area contributed by atoms with Gasteiger partial charge < -0.3 is 10.1 Å². The van der Waals surface area contributed by atoms with Crippen molar-refractivity contribution in [2.24, 2.45) is 11.8 Å². The van der Waals surface area contributed by atoms with Crippen LogP contribution in [0.2, 0.25) is 0 Å². The van der Waals surface area contributed by atoms with Gasteiger partial charge in [-0.2, -0.15) is 0 Å². The van der Waals surface area contributed by atoms with Gasteiger partial charge in [0.1, 0.15) is 5.75 Å². The molecular formula is C16H27NO. The number of nitrogens with one attached hydrogen (secondary N) is 1. The Morgan fingerprint density at radius 2 is 1.67 bits per heavy atom. The molecule has 0 radical (unpaired) electrons. The third kappa shape index (κ3) is 5.09. The van der Waals surface area contributed by atoms with E-state index in [0.717, 1.165) is 18.7 Å². The van der Waals surface area contributed by atoms with Crippen molar-refractivity contribution < 1.29 is 4.74 Å². The predicted octanol–water partition coefficient (Wildman–Crippen LogP) is 3.51. The minimum Gasteiger partial charge on any atom is -0.497 e. The lowest BCUT2D eigenvalue weighted by atomic mass is 9.89. The fraction of sp³-hybridized carbons (Fsp3) is 0.625. The first-order valence-corrected chi connectivity index (χ1v) is 6.89. The highest BCUT2D eigenvalue weighted by Crippen LogP contribution is 2.19. The van der Waals surface area contributed by atoms with Gasteiger partial charge in [-0.15, -0.1) is 0 Å². The summed E-state index contributed by atoms with van der Waals surface area (Å²) in [6.07, 6.45) is 1.13. The molecule has 1 aromatic rings. The molecule has 0 heterocycles. The minimum atomic E-state index is 0.558. The number of methoxy groups -OCH3 is 1. The molecule has 1 atom stereocenters. The molecule has 0 amide bonds. The Balaban J connectivity index is 2.58. The molecule has 0 aliphatic rings. The SMILES string of the molecule is COc1ccc(CC(CNC(C)C)C(C)C)cc1. The highest BCUT2D eigenvalue weighted by atomic mass is 16.5. The van der Waals surface area contributed by atoms with Crippen LogP contribution >= 0.6 is 0 Å². The highest BCUT2D eigenvalue weighted by Gasteiger charge is 2.14. The zero-order valence-electron chi connectivity index (χ0n) is 12.4. The van der Waals surface area contributed by atoms with Gasteiger partial charge in [0.25, 0.3) is 0 Å². The van der Waals surface area contributed by atoms with Crippen LogP contribution in [0.4, 0.5) is 0 Å². The van der Waals surface area contributed by atoms with Crippen LogP contribution in [0.15, 0.2) is 24.3 Å². The maximum atomic E-state index is 5.19. The Morgan fingerprint density at radius 1 is 1.06 bits per heavy atom. The smallest absolute Gasteiger partial charge is 0.118 e. The van der Waals surface area contributed by atoms with Gasteiger partial charge in [0.2, 0.25) is 0 Å². The molecule has 0 bridgehead atoms. The summed E-state index contributed by atoms with van der Waals surface area (Å²) >= 11 is 0. The van der Waals surface area contributed by atoms with Crippen LogP contribution in [0.25, 0.3) is 0 Å².